The average molecular weight is 265 g/mol. The van der Waals surface area contributed by atoms with Gasteiger partial charge in [-0.3, -0.25) is 0 Å². The molecule has 4 nitrogen and oxygen atoms in total. The van der Waals surface area contributed by atoms with Gasteiger partial charge in [-0.05, 0) is 6.08 Å². The molecule has 2 aliphatic rings. The number of morpholine rings is 1. The molecule has 1 aliphatic heterocycles. The van der Waals surface area contributed by atoms with Crippen LogP contribution in [0.1, 0.15) is 6.42 Å². The van der Waals surface area contributed by atoms with E-state index in [0.29, 0.717) is 6.08 Å². The second-order valence-corrected chi connectivity index (χ2v) is 6.00. The summed E-state index contributed by atoms with van der Waals surface area (Å²) < 4.78 is 57.4. The molecule has 17 heavy (non-hydrogen) atoms. The van der Waals surface area contributed by atoms with Gasteiger partial charge >= 0.3 is 0 Å². The molecule has 0 aromatic heterocycles. The van der Waals surface area contributed by atoms with Crippen LogP contribution in [0.5, 0.6) is 0 Å². The van der Waals surface area contributed by atoms with E-state index in [1.165, 1.54) is 6.08 Å². The van der Waals surface area contributed by atoms with Crippen molar-refractivity contribution in [1.82, 2.24) is 4.31 Å². The lowest BCUT2D eigenvalue weighted by atomic mass is 10.2. The highest BCUT2D eigenvalue weighted by Crippen LogP contribution is 2.32. The molecule has 1 atom stereocenters. The number of hydrogen-bond acceptors (Lipinski definition) is 3. The molecule has 0 bridgehead atoms. The molecule has 1 unspecified atom stereocenters. The fraction of sp³-hybridized carbons (Fsp3) is 0.600. The lowest BCUT2D eigenvalue weighted by Crippen LogP contribution is -2.48. The molecule has 0 aromatic carbocycles. The van der Waals surface area contributed by atoms with Crippen LogP contribution < -0.4 is 0 Å². The summed E-state index contributed by atoms with van der Waals surface area (Å²) in [6.45, 7) is 0.644. The van der Waals surface area contributed by atoms with Gasteiger partial charge in [-0.25, -0.2) is 17.2 Å². The highest BCUT2D eigenvalue weighted by molar-refractivity contribution is 7.90. The molecule has 2 rings (SSSR count). The van der Waals surface area contributed by atoms with Crippen LogP contribution in [0.3, 0.4) is 0 Å². The molecule has 1 fully saturated rings. The molecule has 1 heterocycles. The van der Waals surface area contributed by atoms with Gasteiger partial charge in [-0.2, -0.15) is 4.31 Å². The Hall–Kier alpha value is -0.790. The Morgan fingerprint density at radius 1 is 1.35 bits per heavy atom. The third kappa shape index (κ3) is 2.27. The van der Waals surface area contributed by atoms with Crippen LogP contribution >= 0.6 is 0 Å². The average Bonchev–Trinajstić information content (AvgIpc) is 2.29. The first-order chi connectivity index (χ1) is 7.96. The zero-order chi connectivity index (χ0) is 12.5. The summed E-state index contributed by atoms with van der Waals surface area (Å²) in [6.07, 6.45) is 2.54. The van der Waals surface area contributed by atoms with Gasteiger partial charge in [-0.1, -0.05) is 6.08 Å². The zero-order valence-corrected chi connectivity index (χ0v) is 9.92. The van der Waals surface area contributed by atoms with Gasteiger partial charge in [0.1, 0.15) is 5.83 Å². The minimum Gasteiger partial charge on any atom is -0.379 e. The Balaban J connectivity index is 2.31. The highest BCUT2D eigenvalue weighted by atomic mass is 32.2. The van der Waals surface area contributed by atoms with Crippen LogP contribution in [-0.2, 0) is 14.8 Å². The van der Waals surface area contributed by atoms with E-state index in [1.807, 2.05) is 0 Å². The highest BCUT2D eigenvalue weighted by Gasteiger charge is 2.46. The first kappa shape index (κ1) is 12.7. The summed E-state index contributed by atoms with van der Waals surface area (Å²) in [5.74, 6) is -0.771. The third-order valence-corrected chi connectivity index (χ3v) is 4.81. The first-order valence-corrected chi connectivity index (χ1v) is 6.71. The summed E-state index contributed by atoms with van der Waals surface area (Å²) in [5, 5.41) is -2.77. The molecule has 1 saturated heterocycles. The van der Waals surface area contributed by atoms with Crippen LogP contribution in [0.25, 0.3) is 0 Å². The van der Waals surface area contributed by atoms with Crippen molar-refractivity contribution in [2.24, 2.45) is 0 Å². The number of halogens is 2. The lowest BCUT2D eigenvalue weighted by molar-refractivity contribution is 0.0712. The lowest BCUT2D eigenvalue weighted by Gasteiger charge is -2.31. The Morgan fingerprint density at radius 3 is 2.59 bits per heavy atom. The summed E-state index contributed by atoms with van der Waals surface area (Å²) in [7, 11) is -4.23. The topological polar surface area (TPSA) is 46.6 Å². The predicted molar refractivity (Wildman–Crippen MR) is 58.1 cm³/mol. The standard InChI is InChI=1S/C10H13F2NO3S/c11-9-2-1-3-10(12,8-9)17(14,15)13-4-6-16-7-5-13/h1,3,8H,2,4-7H2. The Morgan fingerprint density at radius 2 is 2.00 bits per heavy atom. The van der Waals surface area contributed by atoms with Crippen molar-refractivity contribution < 1.29 is 21.9 Å². The minimum absolute atomic E-state index is 0.0652. The molecular formula is C10H13F2NO3S. The number of hydrogen-bond donors (Lipinski definition) is 0. The number of sulfonamides is 1. The Kier molecular flexibility index (Phi) is 3.33. The van der Waals surface area contributed by atoms with Crippen LogP contribution in [0.4, 0.5) is 8.78 Å². The molecule has 0 N–H and O–H groups in total. The van der Waals surface area contributed by atoms with Gasteiger partial charge in [0.05, 0.1) is 13.2 Å². The van der Waals surface area contributed by atoms with Crippen molar-refractivity contribution in [3.63, 3.8) is 0 Å². The quantitative estimate of drug-likeness (QED) is 0.703. The molecular weight excluding hydrogens is 252 g/mol. The van der Waals surface area contributed by atoms with E-state index in [4.69, 9.17) is 4.74 Å². The largest absolute Gasteiger partial charge is 0.379 e. The van der Waals surface area contributed by atoms with Crippen molar-refractivity contribution in [3.8, 4) is 0 Å². The molecule has 0 spiro atoms. The summed E-state index contributed by atoms with van der Waals surface area (Å²) in [4.78, 5) is 0. The van der Waals surface area contributed by atoms with Crippen molar-refractivity contribution in [3.05, 3.63) is 24.1 Å². The van der Waals surface area contributed by atoms with Crippen LogP contribution in [0, 0.1) is 0 Å². The van der Waals surface area contributed by atoms with Gasteiger partial charge in [0.15, 0.2) is 0 Å². The SMILES string of the molecule is O=S(=O)(N1CCOCC1)C1(F)C=CCC(F)=C1. The van der Waals surface area contributed by atoms with Crippen LogP contribution in [0.15, 0.2) is 24.1 Å². The van der Waals surface area contributed by atoms with Gasteiger partial charge in [0.2, 0.25) is 0 Å². The molecule has 7 heteroatoms. The normalized spacial score (nSPS) is 31.3. The molecule has 1 aliphatic carbocycles. The van der Waals surface area contributed by atoms with E-state index < -0.39 is 20.9 Å². The van der Waals surface area contributed by atoms with Crippen molar-refractivity contribution in [2.45, 2.75) is 11.4 Å². The van der Waals surface area contributed by atoms with E-state index in [1.54, 1.807) is 0 Å². The summed E-state index contributed by atoms with van der Waals surface area (Å²) in [5.41, 5.74) is 0. The van der Waals surface area contributed by atoms with Gasteiger partial charge in [-0.15, -0.1) is 0 Å². The van der Waals surface area contributed by atoms with E-state index >= 15 is 0 Å². The van der Waals surface area contributed by atoms with Crippen molar-refractivity contribution in [1.29, 1.82) is 0 Å². The second kappa shape index (κ2) is 4.47. The van der Waals surface area contributed by atoms with E-state index in [9.17, 15) is 17.2 Å². The van der Waals surface area contributed by atoms with Gasteiger partial charge in [0, 0.05) is 25.6 Å². The minimum atomic E-state index is -4.23. The van der Waals surface area contributed by atoms with Gasteiger partial charge in [0.25, 0.3) is 15.0 Å². The predicted octanol–water partition coefficient (Wildman–Crippen LogP) is 1.13. The van der Waals surface area contributed by atoms with E-state index in [2.05, 4.69) is 0 Å². The van der Waals surface area contributed by atoms with Crippen LogP contribution in [-0.4, -0.2) is 44.0 Å². The van der Waals surface area contributed by atoms with E-state index in [0.717, 1.165) is 10.4 Å². The summed E-state index contributed by atoms with van der Waals surface area (Å²) >= 11 is 0. The fourth-order valence-corrected chi connectivity index (χ4v) is 3.37. The first-order valence-electron chi connectivity index (χ1n) is 5.27. The zero-order valence-electron chi connectivity index (χ0n) is 9.10. The Labute approximate surface area is 98.6 Å². The molecule has 0 saturated carbocycles. The number of alkyl halides is 1. The molecule has 0 aromatic rings. The molecule has 0 amide bonds. The number of rotatable bonds is 2. The fourth-order valence-electron chi connectivity index (χ4n) is 1.80. The number of allylic oxidation sites excluding steroid dienone is 2. The smallest absolute Gasteiger partial charge is 0.263 e. The third-order valence-electron chi connectivity index (χ3n) is 2.72. The maximum absolute atomic E-state index is 14.3. The van der Waals surface area contributed by atoms with Crippen molar-refractivity contribution >= 4 is 10.0 Å². The number of ether oxygens (including phenoxy) is 1. The maximum Gasteiger partial charge on any atom is 0.263 e. The molecule has 0 radical (unpaired) electrons. The second-order valence-electron chi connectivity index (χ2n) is 3.91. The van der Waals surface area contributed by atoms with Gasteiger partial charge < -0.3 is 4.74 Å². The summed E-state index contributed by atoms with van der Waals surface area (Å²) in [6, 6.07) is 0. The van der Waals surface area contributed by atoms with E-state index in [-0.39, 0.29) is 32.7 Å². The maximum atomic E-state index is 14.3. The monoisotopic (exact) mass is 265 g/mol. The van der Waals surface area contributed by atoms with Crippen molar-refractivity contribution in [2.75, 3.05) is 26.3 Å². The Bertz CT molecular complexity index is 454. The molecule has 96 valence electrons. The van der Waals surface area contributed by atoms with Crippen LogP contribution in [0.2, 0.25) is 0 Å². The number of nitrogens with zero attached hydrogens (tertiary/aromatic N) is 1.